The van der Waals surface area contributed by atoms with Crippen LogP contribution in [0.25, 0.3) is 0 Å². The van der Waals surface area contributed by atoms with E-state index in [1.165, 1.54) is 12.1 Å². The van der Waals surface area contributed by atoms with Gasteiger partial charge in [0.2, 0.25) is 11.8 Å². The first-order valence-electron chi connectivity index (χ1n) is 9.22. The van der Waals surface area contributed by atoms with Crippen LogP contribution in [-0.2, 0) is 4.79 Å². The van der Waals surface area contributed by atoms with Gasteiger partial charge in [-0.25, -0.2) is 0 Å². The summed E-state index contributed by atoms with van der Waals surface area (Å²) in [5.41, 5.74) is 7.06. The van der Waals surface area contributed by atoms with Gasteiger partial charge in [0.15, 0.2) is 0 Å². The molecule has 1 aliphatic heterocycles. The summed E-state index contributed by atoms with van der Waals surface area (Å²) in [6.07, 6.45) is -4.75. The molecule has 2 aromatic rings. The molecular weight excluding hydrogens is 401 g/mol. The Morgan fingerprint density at radius 3 is 2.10 bits per heavy atom. The number of amides is 2. The zero-order chi connectivity index (χ0) is 21.7. The summed E-state index contributed by atoms with van der Waals surface area (Å²) in [6, 6.07) is 12.0. The number of primary amides is 1. The second-order valence-corrected chi connectivity index (χ2v) is 6.79. The van der Waals surface area contributed by atoms with Gasteiger partial charge >= 0.3 is 6.36 Å². The number of benzene rings is 2. The van der Waals surface area contributed by atoms with Crippen molar-refractivity contribution in [1.82, 2.24) is 4.90 Å². The maximum atomic E-state index is 12.2. The molecule has 0 aromatic heterocycles. The standard InChI is InChI=1S/C20H21F3N4O3/c21-20(22,23)30-17-7-3-15(4-8-17)25-18(28)13-26-9-11-27(12-10-26)16-5-1-14(2-6-16)19(24)29/h1-8H,9-13H2,(H2,24,29)(H,25,28). The van der Waals surface area contributed by atoms with Crippen LogP contribution in [0.3, 0.4) is 0 Å². The highest BCUT2D eigenvalue weighted by atomic mass is 19.4. The van der Waals surface area contributed by atoms with Gasteiger partial charge in [0.1, 0.15) is 5.75 Å². The third-order valence-electron chi connectivity index (χ3n) is 4.63. The van der Waals surface area contributed by atoms with E-state index in [4.69, 9.17) is 5.73 Å². The lowest BCUT2D eigenvalue weighted by atomic mass is 10.1. The number of rotatable bonds is 6. The molecule has 0 bridgehead atoms. The lowest BCUT2D eigenvalue weighted by Crippen LogP contribution is -2.48. The van der Waals surface area contributed by atoms with Gasteiger partial charge in [0, 0.05) is 43.1 Å². The topological polar surface area (TPSA) is 87.9 Å². The van der Waals surface area contributed by atoms with Crippen LogP contribution in [0.15, 0.2) is 48.5 Å². The van der Waals surface area contributed by atoms with E-state index < -0.39 is 12.3 Å². The highest BCUT2D eigenvalue weighted by molar-refractivity contribution is 5.93. The van der Waals surface area contributed by atoms with Crippen LogP contribution in [0.1, 0.15) is 10.4 Å². The van der Waals surface area contributed by atoms with Crippen molar-refractivity contribution in [3.63, 3.8) is 0 Å². The number of carbonyl (C=O) groups is 2. The minimum absolute atomic E-state index is 0.176. The second-order valence-electron chi connectivity index (χ2n) is 6.79. The summed E-state index contributed by atoms with van der Waals surface area (Å²) in [5.74, 6) is -1.07. The van der Waals surface area contributed by atoms with Gasteiger partial charge in [-0.05, 0) is 48.5 Å². The molecule has 160 valence electrons. The van der Waals surface area contributed by atoms with Crippen LogP contribution in [0, 0.1) is 0 Å². The number of nitrogens with one attached hydrogen (secondary N) is 1. The molecule has 1 aliphatic rings. The highest BCUT2D eigenvalue weighted by Crippen LogP contribution is 2.24. The van der Waals surface area contributed by atoms with Crippen molar-refractivity contribution in [2.24, 2.45) is 5.73 Å². The summed E-state index contributed by atoms with van der Waals surface area (Å²) in [4.78, 5) is 27.5. The van der Waals surface area contributed by atoms with Gasteiger partial charge in [0.05, 0.1) is 6.54 Å². The smallest absolute Gasteiger partial charge is 0.406 e. The first-order valence-corrected chi connectivity index (χ1v) is 9.22. The summed E-state index contributed by atoms with van der Waals surface area (Å²) in [5, 5.41) is 2.66. The molecule has 2 amide bonds. The molecular formula is C20H21F3N4O3. The van der Waals surface area contributed by atoms with Crippen molar-refractivity contribution < 1.29 is 27.5 Å². The van der Waals surface area contributed by atoms with Gasteiger partial charge in [-0.2, -0.15) is 0 Å². The maximum absolute atomic E-state index is 12.2. The number of carbonyl (C=O) groups excluding carboxylic acids is 2. The predicted molar refractivity (Wildman–Crippen MR) is 105 cm³/mol. The molecule has 10 heteroatoms. The van der Waals surface area contributed by atoms with Gasteiger partial charge in [-0.1, -0.05) is 0 Å². The molecule has 1 saturated heterocycles. The van der Waals surface area contributed by atoms with Gasteiger partial charge < -0.3 is 20.7 Å². The van der Waals surface area contributed by atoms with Gasteiger partial charge in [0.25, 0.3) is 0 Å². The lowest BCUT2D eigenvalue weighted by molar-refractivity contribution is -0.274. The minimum atomic E-state index is -4.75. The SMILES string of the molecule is NC(=O)c1ccc(N2CCN(CC(=O)Nc3ccc(OC(F)(F)F)cc3)CC2)cc1. The number of nitrogens with zero attached hydrogens (tertiary/aromatic N) is 2. The van der Waals surface area contributed by atoms with Crippen LogP contribution in [0.5, 0.6) is 5.75 Å². The Labute approximate surface area is 171 Å². The third-order valence-corrected chi connectivity index (χ3v) is 4.63. The van der Waals surface area contributed by atoms with Crippen molar-refractivity contribution in [3.05, 3.63) is 54.1 Å². The van der Waals surface area contributed by atoms with E-state index in [0.29, 0.717) is 37.4 Å². The van der Waals surface area contributed by atoms with Crippen LogP contribution in [-0.4, -0.2) is 55.8 Å². The molecule has 0 aliphatic carbocycles. The van der Waals surface area contributed by atoms with E-state index in [0.717, 1.165) is 17.8 Å². The quantitative estimate of drug-likeness (QED) is 0.747. The molecule has 0 unspecified atom stereocenters. The van der Waals surface area contributed by atoms with Crippen molar-refractivity contribution in [2.75, 3.05) is 42.9 Å². The van der Waals surface area contributed by atoms with Crippen LogP contribution in [0.2, 0.25) is 0 Å². The molecule has 30 heavy (non-hydrogen) atoms. The molecule has 1 heterocycles. The third kappa shape index (κ3) is 6.11. The molecule has 3 N–H and O–H groups in total. The number of anilines is 2. The lowest BCUT2D eigenvalue weighted by Gasteiger charge is -2.35. The van der Waals surface area contributed by atoms with E-state index in [2.05, 4.69) is 15.0 Å². The van der Waals surface area contributed by atoms with Gasteiger partial charge in [-0.15, -0.1) is 13.2 Å². The summed E-state index contributed by atoms with van der Waals surface area (Å²) < 4.78 is 40.3. The Balaban J connectivity index is 1.45. The summed E-state index contributed by atoms with van der Waals surface area (Å²) in [7, 11) is 0. The Kier molecular flexibility index (Phi) is 6.46. The number of hydrogen-bond donors (Lipinski definition) is 2. The van der Waals surface area contributed by atoms with Crippen molar-refractivity contribution in [2.45, 2.75) is 6.36 Å². The largest absolute Gasteiger partial charge is 0.573 e. The molecule has 0 spiro atoms. The molecule has 0 atom stereocenters. The average molecular weight is 422 g/mol. The number of hydrogen-bond acceptors (Lipinski definition) is 5. The number of halogens is 3. The van der Waals surface area contributed by atoms with Crippen LogP contribution >= 0.6 is 0 Å². The number of piperazine rings is 1. The zero-order valence-corrected chi connectivity index (χ0v) is 16.0. The minimum Gasteiger partial charge on any atom is -0.406 e. The number of alkyl halides is 3. The van der Waals surface area contributed by atoms with E-state index in [9.17, 15) is 22.8 Å². The predicted octanol–water partition coefficient (Wildman–Crippen LogP) is 2.44. The zero-order valence-electron chi connectivity index (χ0n) is 16.0. The highest BCUT2D eigenvalue weighted by Gasteiger charge is 2.31. The molecule has 0 saturated carbocycles. The van der Waals surface area contributed by atoms with E-state index in [-0.39, 0.29) is 18.2 Å². The van der Waals surface area contributed by atoms with Crippen molar-refractivity contribution in [3.8, 4) is 5.75 Å². The normalized spacial score (nSPS) is 15.0. The summed E-state index contributed by atoms with van der Waals surface area (Å²) in [6.45, 7) is 2.95. The second kappa shape index (κ2) is 9.04. The Morgan fingerprint density at radius 1 is 0.967 bits per heavy atom. The van der Waals surface area contributed by atoms with Crippen molar-refractivity contribution >= 4 is 23.2 Å². The van der Waals surface area contributed by atoms with Crippen LogP contribution < -0.4 is 20.7 Å². The number of ether oxygens (including phenoxy) is 1. The Hall–Kier alpha value is -3.27. The van der Waals surface area contributed by atoms with E-state index >= 15 is 0 Å². The van der Waals surface area contributed by atoms with Gasteiger partial charge in [-0.3, -0.25) is 14.5 Å². The van der Waals surface area contributed by atoms with Crippen LogP contribution in [0.4, 0.5) is 24.5 Å². The molecule has 3 rings (SSSR count). The van der Waals surface area contributed by atoms with Crippen molar-refractivity contribution in [1.29, 1.82) is 0 Å². The monoisotopic (exact) mass is 422 g/mol. The first kappa shape index (κ1) is 21.4. The molecule has 2 aromatic carbocycles. The summed E-state index contributed by atoms with van der Waals surface area (Å²) >= 11 is 0. The molecule has 0 radical (unpaired) electrons. The fourth-order valence-corrected chi connectivity index (χ4v) is 3.14. The first-order chi connectivity index (χ1) is 14.2. The fraction of sp³-hybridized carbons (Fsp3) is 0.300. The van der Waals surface area contributed by atoms with E-state index in [1.807, 2.05) is 17.0 Å². The fourth-order valence-electron chi connectivity index (χ4n) is 3.14. The molecule has 7 nitrogen and oxygen atoms in total. The maximum Gasteiger partial charge on any atom is 0.573 e. The number of nitrogens with two attached hydrogens (primary N) is 1. The molecule has 1 fully saturated rings. The van der Waals surface area contributed by atoms with E-state index in [1.54, 1.807) is 12.1 Å². The average Bonchev–Trinajstić information content (AvgIpc) is 2.69. The Bertz CT molecular complexity index is 878. The Morgan fingerprint density at radius 2 is 1.57 bits per heavy atom.